The second kappa shape index (κ2) is 5.79. The molecular formula is C13H12BrN3O2. The maximum Gasteiger partial charge on any atom is 0.257 e. The first-order valence-corrected chi connectivity index (χ1v) is 6.34. The summed E-state index contributed by atoms with van der Waals surface area (Å²) < 4.78 is 5.51. The first-order chi connectivity index (χ1) is 9.11. The van der Waals surface area contributed by atoms with Crippen LogP contribution in [0.3, 0.4) is 0 Å². The molecular weight excluding hydrogens is 310 g/mol. The highest BCUT2D eigenvalue weighted by Gasteiger charge is 2.12. The van der Waals surface area contributed by atoms with Crippen molar-refractivity contribution in [1.82, 2.24) is 9.97 Å². The number of pyridine rings is 2. The lowest BCUT2D eigenvalue weighted by Crippen LogP contribution is -2.14. The lowest BCUT2D eigenvalue weighted by Gasteiger charge is -2.09. The number of rotatable bonds is 3. The summed E-state index contributed by atoms with van der Waals surface area (Å²) in [6, 6.07) is 6.85. The second-order valence-corrected chi connectivity index (χ2v) is 4.53. The van der Waals surface area contributed by atoms with Gasteiger partial charge in [0.25, 0.3) is 5.91 Å². The van der Waals surface area contributed by atoms with Gasteiger partial charge in [0.2, 0.25) is 5.88 Å². The second-order valence-electron chi connectivity index (χ2n) is 3.78. The van der Waals surface area contributed by atoms with E-state index in [0.29, 0.717) is 27.4 Å². The number of amides is 1. The lowest BCUT2D eigenvalue weighted by molar-refractivity contribution is 0.102. The Morgan fingerprint density at radius 2 is 2.16 bits per heavy atom. The highest BCUT2D eigenvalue weighted by molar-refractivity contribution is 9.10. The first-order valence-electron chi connectivity index (χ1n) is 5.55. The highest BCUT2D eigenvalue weighted by atomic mass is 79.9. The number of aromatic nitrogens is 2. The molecule has 2 rings (SSSR count). The number of methoxy groups -OCH3 is 1. The molecule has 5 nitrogen and oxygen atoms in total. The Morgan fingerprint density at radius 1 is 1.37 bits per heavy atom. The SMILES string of the molecule is COc1ccc(NC(=O)c2cccnc2C)c(Br)n1. The number of nitrogens with zero attached hydrogens (tertiary/aromatic N) is 2. The molecule has 19 heavy (non-hydrogen) atoms. The van der Waals surface area contributed by atoms with Crippen molar-refractivity contribution in [3.63, 3.8) is 0 Å². The summed E-state index contributed by atoms with van der Waals surface area (Å²) in [7, 11) is 1.53. The smallest absolute Gasteiger partial charge is 0.257 e. The zero-order chi connectivity index (χ0) is 13.8. The van der Waals surface area contributed by atoms with Gasteiger partial charge in [0, 0.05) is 18.0 Å². The number of carbonyl (C=O) groups is 1. The van der Waals surface area contributed by atoms with E-state index in [1.165, 1.54) is 7.11 Å². The topological polar surface area (TPSA) is 64.1 Å². The minimum atomic E-state index is -0.224. The van der Waals surface area contributed by atoms with Crippen LogP contribution in [0.15, 0.2) is 35.1 Å². The van der Waals surface area contributed by atoms with E-state index < -0.39 is 0 Å². The summed E-state index contributed by atoms with van der Waals surface area (Å²) >= 11 is 3.29. The van der Waals surface area contributed by atoms with Crippen LogP contribution in [-0.2, 0) is 0 Å². The van der Waals surface area contributed by atoms with Gasteiger partial charge in [-0.1, -0.05) is 0 Å². The van der Waals surface area contributed by atoms with Crippen LogP contribution in [0, 0.1) is 6.92 Å². The van der Waals surface area contributed by atoms with Crippen LogP contribution in [-0.4, -0.2) is 23.0 Å². The number of hydrogen-bond acceptors (Lipinski definition) is 4. The Labute approximate surface area is 119 Å². The maximum atomic E-state index is 12.1. The Kier molecular flexibility index (Phi) is 4.11. The Morgan fingerprint density at radius 3 is 2.79 bits per heavy atom. The molecule has 0 saturated carbocycles. The molecule has 0 atom stereocenters. The molecule has 0 radical (unpaired) electrons. The van der Waals surface area contributed by atoms with Crippen LogP contribution in [0.25, 0.3) is 0 Å². The summed E-state index contributed by atoms with van der Waals surface area (Å²) in [6.07, 6.45) is 1.65. The number of hydrogen-bond donors (Lipinski definition) is 1. The molecule has 0 fully saturated rings. The Bertz CT molecular complexity index is 617. The van der Waals surface area contributed by atoms with E-state index in [9.17, 15) is 4.79 Å². The molecule has 0 aliphatic rings. The third-order valence-electron chi connectivity index (χ3n) is 2.53. The summed E-state index contributed by atoms with van der Waals surface area (Å²) in [6.45, 7) is 1.79. The van der Waals surface area contributed by atoms with Crippen LogP contribution < -0.4 is 10.1 Å². The van der Waals surface area contributed by atoms with Crippen LogP contribution in [0.2, 0.25) is 0 Å². The molecule has 0 saturated heterocycles. The zero-order valence-corrected chi connectivity index (χ0v) is 12.1. The van der Waals surface area contributed by atoms with Gasteiger partial charge in [-0.15, -0.1) is 0 Å². The van der Waals surface area contributed by atoms with Crippen LogP contribution in [0.1, 0.15) is 16.1 Å². The van der Waals surface area contributed by atoms with Crippen molar-refractivity contribution in [2.45, 2.75) is 6.92 Å². The van der Waals surface area contributed by atoms with Gasteiger partial charge in [0.15, 0.2) is 0 Å². The molecule has 0 bridgehead atoms. The molecule has 0 spiro atoms. The quantitative estimate of drug-likeness (QED) is 0.883. The summed E-state index contributed by atoms with van der Waals surface area (Å²) in [5, 5.41) is 2.77. The van der Waals surface area contributed by atoms with Gasteiger partial charge >= 0.3 is 0 Å². The standard InChI is InChI=1S/C13H12BrN3O2/c1-8-9(4-3-7-15-8)13(18)16-10-5-6-11(19-2)17-12(10)14/h3-7H,1-2H3,(H,16,18). The van der Waals surface area contributed by atoms with Crippen molar-refractivity contribution in [2.24, 2.45) is 0 Å². The van der Waals surface area contributed by atoms with Crippen LogP contribution in [0.5, 0.6) is 5.88 Å². The number of carbonyl (C=O) groups excluding carboxylic acids is 1. The Balaban J connectivity index is 2.22. The molecule has 0 aliphatic heterocycles. The molecule has 0 aliphatic carbocycles. The van der Waals surface area contributed by atoms with E-state index in [2.05, 4.69) is 31.2 Å². The number of aryl methyl sites for hydroxylation is 1. The summed E-state index contributed by atoms with van der Waals surface area (Å²) in [4.78, 5) is 20.3. The molecule has 2 aromatic rings. The van der Waals surface area contributed by atoms with Crippen molar-refractivity contribution in [3.8, 4) is 5.88 Å². The molecule has 2 heterocycles. The number of ether oxygens (including phenoxy) is 1. The van der Waals surface area contributed by atoms with E-state index in [1.807, 2.05) is 0 Å². The van der Waals surface area contributed by atoms with E-state index in [0.717, 1.165) is 0 Å². The predicted octanol–water partition coefficient (Wildman–Crippen LogP) is 2.81. The van der Waals surface area contributed by atoms with Gasteiger partial charge in [0.1, 0.15) is 4.60 Å². The van der Waals surface area contributed by atoms with Crippen LogP contribution >= 0.6 is 15.9 Å². The molecule has 0 unspecified atom stereocenters. The van der Waals surface area contributed by atoms with E-state index in [4.69, 9.17) is 4.74 Å². The summed E-state index contributed by atoms with van der Waals surface area (Å²) in [5.41, 5.74) is 1.79. The minimum Gasteiger partial charge on any atom is -0.481 e. The van der Waals surface area contributed by atoms with Crippen molar-refractivity contribution in [2.75, 3.05) is 12.4 Å². The van der Waals surface area contributed by atoms with Gasteiger partial charge in [0.05, 0.1) is 18.4 Å². The average molecular weight is 322 g/mol. The van der Waals surface area contributed by atoms with Crippen LogP contribution in [0.4, 0.5) is 5.69 Å². The largest absolute Gasteiger partial charge is 0.481 e. The van der Waals surface area contributed by atoms with Gasteiger partial charge in [-0.25, -0.2) is 4.98 Å². The van der Waals surface area contributed by atoms with Crippen molar-refractivity contribution < 1.29 is 9.53 Å². The number of halogens is 1. The molecule has 1 amide bonds. The van der Waals surface area contributed by atoms with Gasteiger partial charge in [-0.2, -0.15) is 0 Å². The van der Waals surface area contributed by atoms with E-state index >= 15 is 0 Å². The lowest BCUT2D eigenvalue weighted by atomic mass is 10.2. The van der Waals surface area contributed by atoms with E-state index in [1.54, 1.807) is 37.4 Å². The van der Waals surface area contributed by atoms with Crippen molar-refractivity contribution >= 4 is 27.5 Å². The Hall–Kier alpha value is -1.95. The fourth-order valence-electron chi connectivity index (χ4n) is 1.54. The molecule has 98 valence electrons. The zero-order valence-electron chi connectivity index (χ0n) is 10.5. The normalized spacial score (nSPS) is 10.1. The predicted molar refractivity (Wildman–Crippen MR) is 75.4 cm³/mol. The van der Waals surface area contributed by atoms with Gasteiger partial charge < -0.3 is 10.1 Å². The molecule has 0 aromatic carbocycles. The molecule has 2 aromatic heterocycles. The first kappa shape index (κ1) is 13.5. The molecule has 6 heteroatoms. The highest BCUT2D eigenvalue weighted by Crippen LogP contribution is 2.23. The monoisotopic (exact) mass is 321 g/mol. The van der Waals surface area contributed by atoms with Crippen molar-refractivity contribution in [1.29, 1.82) is 0 Å². The van der Waals surface area contributed by atoms with Gasteiger partial charge in [-0.3, -0.25) is 9.78 Å². The number of anilines is 1. The fourth-order valence-corrected chi connectivity index (χ4v) is 1.94. The third-order valence-corrected chi connectivity index (χ3v) is 3.14. The minimum absolute atomic E-state index is 0.224. The third kappa shape index (κ3) is 3.08. The van der Waals surface area contributed by atoms with Crippen molar-refractivity contribution in [3.05, 3.63) is 46.3 Å². The number of nitrogens with one attached hydrogen (secondary N) is 1. The van der Waals surface area contributed by atoms with E-state index in [-0.39, 0.29) is 5.91 Å². The maximum absolute atomic E-state index is 12.1. The fraction of sp³-hybridized carbons (Fsp3) is 0.154. The summed E-state index contributed by atoms with van der Waals surface area (Å²) in [5.74, 6) is 0.251. The van der Waals surface area contributed by atoms with Gasteiger partial charge in [-0.05, 0) is 41.1 Å². The molecule has 1 N–H and O–H groups in total. The average Bonchev–Trinajstić information content (AvgIpc) is 2.41.